The number of carbonyl (C=O) groups is 4. The number of furan rings is 1. The first kappa shape index (κ1) is 26.3. The second-order valence-corrected chi connectivity index (χ2v) is 12.7. The van der Waals surface area contributed by atoms with Gasteiger partial charge in [-0.25, -0.2) is 4.79 Å². The molecule has 6 rings (SSSR count). The molecule has 39 heavy (non-hydrogen) atoms. The number of hydrogen-bond donors (Lipinski definition) is 1. The molecule has 10 nitrogen and oxygen atoms in total. The van der Waals surface area contributed by atoms with E-state index < -0.39 is 69.2 Å². The van der Waals surface area contributed by atoms with Gasteiger partial charge in [0.15, 0.2) is 5.78 Å². The van der Waals surface area contributed by atoms with Crippen molar-refractivity contribution in [2.75, 3.05) is 7.11 Å². The molecule has 2 aliphatic heterocycles. The summed E-state index contributed by atoms with van der Waals surface area (Å²) in [6, 6.07) is 1.93. The van der Waals surface area contributed by atoms with Gasteiger partial charge in [-0.3, -0.25) is 9.59 Å². The number of carbonyl (C=O) groups excluding carboxylic acids is 4. The average Bonchev–Trinajstić information content (AvgIpc) is 3.11. The maximum atomic E-state index is 13.5. The van der Waals surface area contributed by atoms with E-state index in [0.29, 0.717) is 19.1 Å². The van der Waals surface area contributed by atoms with E-state index in [1.807, 2.05) is 6.07 Å². The molecule has 11 atom stereocenters. The molecule has 1 spiro atoms. The minimum absolute atomic E-state index is 0.0389. The van der Waals surface area contributed by atoms with E-state index in [1.54, 1.807) is 26.4 Å². The molecule has 0 radical (unpaired) electrons. The maximum Gasteiger partial charge on any atom is 0.347 e. The largest absolute Gasteiger partial charge is 0.494 e. The third-order valence-corrected chi connectivity index (χ3v) is 10.9. The molecule has 0 amide bonds. The lowest BCUT2D eigenvalue weighted by molar-refractivity contribution is -0.211. The Hall–Kier alpha value is -2.98. The third-order valence-electron chi connectivity index (χ3n) is 10.9. The van der Waals surface area contributed by atoms with Crippen LogP contribution < -0.4 is 0 Å². The van der Waals surface area contributed by atoms with Crippen LogP contribution in [0.15, 0.2) is 34.8 Å². The van der Waals surface area contributed by atoms with Crippen LogP contribution in [-0.2, 0) is 38.1 Å². The lowest BCUT2D eigenvalue weighted by Gasteiger charge is -2.58. The number of ketones is 1. The van der Waals surface area contributed by atoms with E-state index in [-0.39, 0.29) is 17.8 Å². The predicted octanol–water partition coefficient (Wildman–Crippen LogP) is 2.48. The fourth-order valence-electron chi connectivity index (χ4n) is 9.48. The Morgan fingerprint density at radius 2 is 1.95 bits per heavy atom. The Morgan fingerprint density at radius 3 is 2.54 bits per heavy atom. The van der Waals surface area contributed by atoms with Gasteiger partial charge in [-0.1, -0.05) is 13.8 Å². The molecule has 2 saturated heterocycles. The summed E-state index contributed by atoms with van der Waals surface area (Å²) in [5.41, 5.74) is -5.01. The van der Waals surface area contributed by atoms with Crippen molar-refractivity contribution in [3.63, 3.8) is 0 Å². The Labute approximate surface area is 226 Å². The fraction of sp³-hybridized carbons (Fsp3) is 0.655. The minimum Gasteiger partial charge on any atom is -0.494 e. The van der Waals surface area contributed by atoms with Gasteiger partial charge in [0.05, 0.1) is 31.2 Å². The zero-order chi connectivity index (χ0) is 28.3. The van der Waals surface area contributed by atoms with Crippen LogP contribution in [-0.4, -0.2) is 65.7 Å². The number of methoxy groups -OCH3 is 1. The molecule has 3 aliphatic carbocycles. The van der Waals surface area contributed by atoms with E-state index in [9.17, 15) is 24.3 Å². The van der Waals surface area contributed by atoms with Crippen LogP contribution in [0.3, 0.4) is 0 Å². The first-order chi connectivity index (χ1) is 18.2. The highest BCUT2D eigenvalue weighted by molar-refractivity contribution is 6.07. The second-order valence-electron chi connectivity index (χ2n) is 12.7. The molecule has 0 aromatic carbocycles. The van der Waals surface area contributed by atoms with Crippen LogP contribution in [0.2, 0.25) is 0 Å². The maximum absolute atomic E-state index is 13.5. The zero-order valence-electron chi connectivity index (χ0n) is 22.9. The third kappa shape index (κ3) is 2.89. The van der Waals surface area contributed by atoms with E-state index in [1.165, 1.54) is 13.0 Å². The molecule has 10 heteroatoms. The van der Waals surface area contributed by atoms with Crippen LogP contribution in [0.25, 0.3) is 0 Å². The zero-order valence-corrected chi connectivity index (χ0v) is 22.9. The van der Waals surface area contributed by atoms with E-state index in [4.69, 9.17) is 23.4 Å². The highest BCUT2D eigenvalue weighted by Gasteiger charge is 2.88. The minimum atomic E-state index is -1.77. The van der Waals surface area contributed by atoms with Crippen LogP contribution in [0.4, 0.5) is 0 Å². The molecule has 2 saturated carbocycles. The number of esters is 2. The number of rotatable bonds is 5. The number of aldehydes is 1. The lowest BCUT2D eigenvalue weighted by Crippen LogP contribution is -2.69. The van der Waals surface area contributed by atoms with Crippen molar-refractivity contribution in [1.29, 1.82) is 0 Å². The van der Waals surface area contributed by atoms with Gasteiger partial charge in [0.25, 0.3) is 0 Å². The number of epoxide rings is 1. The summed E-state index contributed by atoms with van der Waals surface area (Å²) < 4.78 is 28.8. The number of hydrogen-bond acceptors (Lipinski definition) is 10. The van der Waals surface area contributed by atoms with E-state index >= 15 is 0 Å². The molecule has 1 aromatic rings. The van der Waals surface area contributed by atoms with Crippen molar-refractivity contribution in [3.8, 4) is 0 Å². The standard InChI is InChI=1S/C29H34O10/c1-14(31)37-21(24(33)35-6)23-25(2,13-30)18(32)10-19-27(23,4)22-17(38-19)11-26(3)16(15-7-8-36-12-15)9-20-29(26,39-20)28(22,5)34/h7-8,10,12-13,16-17,20-23,34H,9,11H2,1-6H3. The molecule has 1 aromatic heterocycles. The topological polar surface area (TPSA) is 142 Å². The molecule has 0 bridgehead atoms. The van der Waals surface area contributed by atoms with Gasteiger partial charge < -0.3 is 33.3 Å². The van der Waals surface area contributed by atoms with Gasteiger partial charge in [0.2, 0.25) is 6.10 Å². The first-order valence-electron chi connectivity index (χ1n) is 13.3. The normalized spacial score (nSPS) is 47.9. The van der Waals surface area contributed by atoms with Crippen molar-refractivity contribution < 1.29 is 47.6 Å². The van der Waals surface area contributed by atoms with Gasteiger partial charge in [0.1, 0.15) is 29.4 Å². The van der Waals surface area contributed by atoms with Crippen LogP contribution in [0.5, 0.6) is 0 Å². The summed E-state index contributed by atoms with van der Waals surface area (Å²) in [6.07, 6.45) is 3.93. The molecule has 3 heterocycles. The quantitative estimate of drug-likeness (QED) is 0.255. The second kappa shape index (κ2) is 7.81. The summed E-state index contributed by atoms with van der Waals surface area (Å²) >= 11 is 0. The van der Waals surface area contributed by atoms with Crippen molar-refractivity contribution in [3.05, 3.63) is 36.0 Å². The number of aliphatic hydroxyl groups is 1. The fourth-order valence-corrected chi connectivity index (χ4v) is 9.48. The number of fused-ring (bicyclic) bond motifs is 3. The van der Waals surface area contributed by atoms with E-state index in [2.05, 4.69) is 6.92 Å². The smallest absolute Gasteiger partial charge is 0.347 e. The highest BCUT2D eigenvalue weighted by Crippen LogP contribution is 2.79. The van der Waals surface area contributed by atoms with Crippen LogP contribution in [0, 0.1) is 28.1 Å². The molecular formula is C29H34O10. The summed E-state index contributed by atoms with van der Waals surface area (Å²) in [5, 5.41) is 12.6. The Kier molecular flexibility index (Phi) is 5.26. The van der Waals surface area contributed by atoms with Crippen LogP contribution >= 0.6 is 0 Å². The van der Waals surface area contributed by atoms with Crippen molar-refractivity contribution >= 4 is 24.0 Å². The summed E-state index contributed by atoms with van der Waals surface area (Å²) in [7, 11) is 1.15. The molecule has 5 aliphatic rings. The van der Waals surface area contributed by atoms with Gasteiger partial charge in [-0.2, -0.15) is 0 Å². The Morgan fingerprint density at radius 1 is 1.23 bits per heavy atom. The Balaban J connectivity index is 1.53. The highest BCUT2D eigenvalue weighted by atomic mass is 16.6. The van der Waals surface area contributed by atoms with Gasteiger partial charge in [-0.05, 0) is 44.2 Å². The first-order valence-corrected chi connectivity index (χ1v) is 13.3. The molecule has 210 valence electrons. The van der Waals surface area contributed by atoms with Crippen molar-refractivity contribution in [2.24, 2.45) is 28.1 Å². The molecule has 4 fully saturated rings. The summed E-state index contributed by atoms with van der Waals surface area (Å²) in [6.45, 7) is 8.17. The van der Waals surface area contributed by atoms with Gasteiger partial charge in [-0.15, -0.1) is 0 Å². The van der Waals surface area contributed by atoms with Crippen molar-refractivity contribution in [2.45, 2.75) is 82.9 Å². The Bertz CT molecular complexity index is 1300. The van der Waals surface area contributed by atoms with Gasteiger partial charge >= 0.3 is 11.9 Å². The predicted molar refractivity (Wildman–Crippen MR) is 132 cm³/mol. The molecule has 1 N–H and O–H groups in total. The van der Waals surface area contributed by atoms with Crippen LogP contribution in [0.1, 0.15) is 58.9 Å². The molecular weight excluding hydrogens is 508 g/mol. The van der Waals surface area contributed by atoms with E-state index in [0.717, 1.165) is 19.6 Å². The van der Waals surface area contributed by atoms with Crippen molar-refractivity contribution in [1.82, 2.24) is 0 Å². The SMILES string of the molecule is COC(=O)C(OC(C)=O)C1C(C)(C=O)C(=O)C=C2OC3CC4(C)C(c5ccoc5)CC5OC54C(C)(O)C3C21C. The molecule has 11 unspecified atom stereocenters. The number of ether oxygens (including phenoxy) is 4. The number of allylic oxidation sites excluding steroid dienone is 2. The van der Waals surface area contributed by atoms with Gasteiger partial charge in [0, 0.05) is 35.7 Å². The summed E-state index contributed by atoms with van der Waals surface area (Å²) in [5.74, 6) is -3.87. The average molecular weight is 543 g/mol. The summed E-state index contributed by atoms with van der Waals surface area (Å²) in [4.78, 5) is 51.4. The lowest BCUT2D eigenvalue weighted by atomic mass is 9.44. The monoisotopic (exact) mass is 542 g/mol.